The predicted molar refractivity (Wildman–Crippen MR) is 139 cm³/mol. The van der Waals surface area contributed by atoms with Gasteiger partial charge in [-0.05, 0) is 65.7 Å². The third-order valence-corrected chi connectivity index (χ3v) is 7.45. The summed E-state index contributed by atoms with van der Waals surface area (Å²) in [6.07, 6.45) is 13.7. The van der Waals surface area contributed by atoms with Crippen LogP contribution in [0.15, 0.2) is 91.0 Å². The minimum Gasteiger partial charge on any atom is -0.364 e. The Labute approximate surface area is 194 Å². The molecule has 160 valence electrons. The molecule has 3 aromatic carbocycles. The van der Waals surface area contributed by atoms with E-state index in [1.54, 1.807) is 0 Å². The topological polar surface area (TPSA) is 17.0 Å². The fraction of sp³-hybridized carbons (Fsp3) is 0.161. The van der Waals surface area contributed by atoms with E-state index >= 15 is 0 Å². The minimum absolute atomic E-state index is 0.351. The van der Waals surface area contributed by atoms with Crippen LogP contribution in [0.1, 0.15) is 35.2 Å². The molecule has 1 N–H and O–H groups in total. The maximum Gasteiger partial charge on any atom is 0.111 e. The molecule has 1 atom stereocenters. The third kappa shape index (κ3) is 2.87. The molecule has 1 unspecified atom stereocenters. The van der Waals surface area contributed by atoms with E-state index in [2.05, 4.69) is 107 Å². The molecular weight excluding hydrogens is 400 g/mol. The number of hydrogen-bond donors (Lipinski definition) is 1. The molecule has 0 bridgehead atoms. The lowest BCUT2D eigenvalue weighted by molar-refractivity contribution is 0.625. The molecule has 0 spiro atoms. The summed E-state index contributed by atoms with van der Waals surface area (Å²) in [5.74, 6) is 1.18. The molecule has 1 aliphatic heterocycles. The monoisotopic (exact) mass is 426 g/mol. The van der Waals surface area contributed by atoms with Crippen molar-refractivity contribution in [2.24, 2.45) is 0 Å². The number of dihydropyridines is 1. The molecule has 0 saturated carbocycles. The number of nitrogens with zero attached hydrogens (tertiary/aromatic N) is 1. The van der Waals surface area contributed by atoms with Crippen molar-refractivity contribution < 1.29 is 0 Å². The van der Waals surface area contributed by atoms with Gasteiger partial charge in [0.1, 0.15) is 5.82 Å². The summed E-state index contributed by atoms with van der Waals surface area (Å²) in [5, 5.41) is 5.32. The van der Waals surface area contributed by atoms with Crippen molar-refractivity contribution in [1.29, 1.82) is 0 Å². The summed E-state index contributed by atoms with van der Waals surface area (Å²) in [6, 6.07) is 26.8. The maximum absolute atomic E-state index is 3.94. The third-order valence-electron chi connectivity index (χ3n) is 7.45. The van der Waals surface area contributed by atoms with Gasteiger partial charge in [0.15, 0.2) is 0 Å². The summed E-state index contributed by atoms with van der Waals surface area (Å²) in [4.78, 5) is 0. The lowest BCUT2D eigenvalue weighted by atomic mass is 9.82. The summed E-state index contributed by atoms with van der Waals surface area (Å²) in [7, 11) is 0. The van der Waals surface area contributed by atoms with Crippen LogP contribution in [-0.2, 0) is 12.8 Å². The normalized spacial score (nSPS) is 18.6. The molecular formula is C31H26N2. The van der Waals surface area contributed by atoms with E-state index in [1.807, 2.05) is 0 Å². The molecule has 2 aliphatic carbocycles. The van der Waals surface area contributed by atoms with Crippen molar-refractivity contribution in [3.63, 3.8) is 0 Å². The van der Waals surface area contributed by atoms with Gasteiger partial charge in [0.05, 0.1) is 17.3 Å². The first-order valence-electron chi connectivity index (χ1n) is 12.0. The summed E-state index contributed by atoms with van der Waals surface area (Å²) in [6.45, 7) is 0. The molecule has 0 amide bonds. The average Bonchev–Trinajstić information content (AvgIpc) is 3.23. The number of allylic oxidation sites excluding steroid dienone is 3. The van der Waals surface area contributed by atoms with E-state index < -0.39 is 0 Å². The lowest BCUT2D eigenvalue weighted by Crippen LogP contribution is -2.36. The Morgan fingerprint density at radius 2 is 1.64 bits per heavy atom. The number of benzene rings is 3. The van der Waals surface area contributed by atoms with E-state index in [1.165, 1.54) is 55.8 Å². The smallest absolute Gasteiger partial charge is 0.111 e. The quantitative estimate of drug-likeness (QED) is 0.363. The first-order chi connectivity index (χ1) is 16.4. The second-order valence-corrected chi connectivity index (χ2v) is 9.27. The summed E-state index contributed by atoms with van der Waals surface area (Å²) < 4.78 is 2.48. The largest absolute Gasteiger partial charge is 0.364 e. The first-order valence-corrected chi connectivity index (χ1v) is 12.0. The Morgan fingerprint density at radius 3 is 2.58 bits per heavy atom. The van der Waals surface area contributed by atoms with Gasteiger partial charge >= 0.3 is 0 Å². The molecule has 4 aromatic rings. The number of rotatable bonds is 2. The second-order valence-electron chi connectivity index (χ2n) is 9.27. The van der Waals surface area contributed by atoms with Crippen molar-refractivity contribution in [2.45, 2.75) is 31.7 Å². The Balaban J connectivity index is 1.47. The number of aromatic nitrogens is 1. The van der Waals surface area contributed by atoms with Crippen LogP contribution in [0.4, 0.5) is 0 Å². The molecule has 0 fully saturated rings. The summed E-state index contributed by atoms with van der Waals surface area (Å²) in [5.41, 5.74) is 11.0. The highest BCUT2D eigenvalue weighted by Gasteiger charge is 2.29. The van der Waals surface area contributed by atoms with Gasteiger partial charge in [-0.3, -0.25) is 4.57 Å². The maximum atomic E-state index is 3.94. The SMILES string of the molecule is C1=Cc2c(c3cccc(-c4ccccc4)c3n2C2=CC=C3c4ccccc4CCC3N2)CC1. The van der Waals surface area contributed by atoms with E-state index in [0.29, 0.717) is 6.04 Å². The van der Waals surface area contributed by atoms with Crippen LogP contribution < -0.4 is 5.32 Å². The fourth-order valence-electron chi connectivity index (χ4n) is 5.94. The molecule has 0 radical (unpaired) electrons. The minimum atomic E-state index is 0.351. The Hall–Kier alpha value is -3.78. The zero-order valence-corrected chi connectivity index (χ0v) is 18.6. The highest BCUT2D eigenvalue weighted by Crippen LogP contribution is 2.40. The van der Waals surface area contributed by atoms with Crippen LogP contribution in [0.3, 0.4) is 0 Å². The van der Waals surface area contributed by atoms with Crippen molar-refractivity contribution in [1.82, 2.24) is 9.88 Å². The summed E-state index contributed by atoms with van der Waals surface area (Å²) >= 11 is 0. The highest BCUT2D eigenvalue weighted by atomic mass is 15.2. The molecule has 33 heavy (non-hydrogen) atoms. The predicted octanol–water partition coefficient (Wildman–Crippen LogP) is 7.07. The van der Waals surface area contributed by atoms with Gasteiger partial charge < -0.3 is 5.32 Å². The van der Waals surface area contributed by atoms with Crippen LogP contribution >= 0.6 is 0 Å². The number of nitrogens with one attached hydrogen (secondary N) is 1. The Bertz CT molecular complexity index is 1480. The van der Waals surface area contributed by atoms with Crippen LogP contribution in [0, 0.1) is 0 Å². The molecule has 0 saturated heterocycles. The van der Waals surface area contributed by atoms with Crippen LogP contribution in [0.5, 0.6) is 0 Å². The van der Waals surface area contributed by atoms with E-state index in [0.717, 1.165) is 25.7 Å². The van der Waals surface area contributed by atoms with Gasteiger partial charge in [0.2, 0.25) is 0 Å². The molecule has 1 aromatic heterocycles. The van der Waals surface area contributed by atoms with Crippen molar-refractivity contribution in [2.75, 3.05) is 0 Å². The van der Waals surface area contributed by atoms with Crippen LogP contribution in [0.25, 0.3) is 39.5 Å². The van der Waals surface area contributed by atoms with Crippen LogP contribution in [-0.4, -0.2) is 10.6 Å². The molecule has 7 rings (SSSR count). The second kappa shape index (κ2) is 7.38. The Kier molecular flexibility index (Phi) is 4.20. The van der Waals surface area contributed by atoms with Gasteiger partial charge in [-0.25, -0.2) is 0 Å². The van der Waals surface area contributed by atoms with Crippen molar-refractivity contribution in [3.05, 3.63) is 113 Å². The van der Waals surface area contributed by atoms with E-state index in [9.17, 15) is 0 Å². The molecule has 2 heteroatoms. The number of hydrogen-bond acceptors (Lipinski definition) is 1. The van der Waals surface area contributed by atoms with E-state index in [4.69, 9.17) is 0 Å². The standard InChI is InChI=1S/C31H26N2/c1-2-9-21(10-3-1)24-14-8-15-27-26-13-6-7-16-29(26)33(31(24)27)30-20-18-25-23-12-5-4-11-22(23)17-19-28(25)32-30/h1-5,7-12,14-16,18,20,28,32H,6,13,17,19H2. The average molecular weight is 427 g/mol. The van der Waals surface area contributed by atoms with E-state index in [-0.39, 0.29) is 0 Å². The van der Waals surface area contributed by atoms with Gasteiger partial charge in [0, 0.05) is 10.9 Å². The zero-order chi connectivity index (χ0) is 21.8. The van der Waals surface area contributed by atoms with Crippen molar-refractivity contribution >= 4 is 28.4 Å². The fourth-order valence-corrected chi connectivity index (χ4v) is 5.94. The highest BCUT2D eigenvalue weighted by molar-refractivity contribution is 6.01. The lowest BCUT2D eigenvalue weighted by Gasteiger charge is -2.33. The van der Waals surface area contributed by atoms with Gasteiger partial charge in [0.25, 0.3) is 0 Å². The Morgan fingerprint density at radius 1 is 0.788 bits per heavy atom. The first kappa shape index (κ1) is 18.8. The van der Waals surface area contributed by atoms with Crippen molar-refractivity contribution in [3.8, 4) is 11.1 Å². The number of para-hydroxylation sites is 1. The van der Waals surface area contributed by atoms with Gasteiger partial charge in [-0.15, -0.1) is 0 Å². The number of fused-ring (bicyclic) bond motifs is 6. The molecule has 3 aliphatic rings. The van der Waals surface area contributed by atoms with Crippen LogP contribution in [0.2, 0.25) is 0 Å². The van der Waals surface area contributed by atoms with Gasteiger partial charge in [-0.1, -0.05) is 84.9 Å². The molecule has 2 heterocycles. The van der Waals surface area contributed by atoms with Gasteiger partial charge in [-0.2, -0.15) is 0 Å². The molecule has 2 nitrogen and oxygen atoms in total. The number of aryl methyl sites for hydroxylation is 2. The zero-order valence-electron chi connectivity index (χ0n) is 18.6.